The molecule has 1 amide bonds. The van der Waals surface area contributed by atoms with Crippen molar-refractivity contribution in [3.8, 4) is 22.8 Å². The van der Waals surface area contributed by atoms with Gasteiger partial charge in [-0.1, -0.05) is 24.0 Å². The highest BCUT2D eigenvalue weighted by Gasteiger charge is 2.34. The second kappa shape index (κ2) is 8.08. The van der Waals surface area contributed by atoms with E-state index >= 15 is 0 Å². The first-order chi connectivity index (χ1) is 15.4. The number of hydrogen-bond donors (Lipinski definition) is 0. The Labute approximate surface area is 199 Å². The molecule has 8 nitrogen and oxygen atoms in total. The van der Waals surface area contributed by atoms with E-state index in [-0.39, 0.29) is 18.4 Å². The lowest BCUT2D eigenvalue weighted by Crippen LogP contribution is -2.27. The number of nitro groups is 1. The molecule has 0 saturated carbocycles. The Hall–Kier alpha value is -3.15. The molecule has 1 aromatic heterocycles. The fourth-order valence-electron chi connectivity index (χ4n) is 3.24. The van der Waals surface area contributed by atoms with Crippen LogP contribution >= 0.6 is 39.9 Å². The van der Waals surface area contributed by atoms with Gasteiger partial charge in [-0.2, -0.15) is 0 Å². The van der Waals surface area contributed by atoms with E-state index in [9.17, 15) is 14.9 Å². The Kier molecular flexibility index (Phi) is 5.24. The Morgan fingerprint density at radius 1 is 1.12 bits per heavy atom. The lowest BCUT2D eigenvalue weighted by molar-refractivity contribution is -0.384. The van der Waals surface area contributed by atoms with E-state index < -0.39 is 4.92 Å². The summed E-state index contributed by atoms with van der Waals surface area (Å²) in [6, 6.07) is 13.1. The highest BCUT2D eigenvalue weighted by Crippen LogP contribution is 2.41. The van der Waals surface area contributed by atoms with Crippen LogP contribution in [-0.4, -0.2) is 21.9 Å². The summed E-state index contributed by atoms with van der Waals surface area (Å²) in [5.74, 6) is 1.87. The summed E-state index contributed by atoms with van der Waals surface area (Å²) in [5, 5.41) is 10.9. The van der Waals surface area contributed by atoms with Crippen molar-refractivity contribution in [3.63, 3.8) is 0 Å². The molecular formula is C21H11BrN2O6S2. The Balaban J connectivity index is 1.41. The number of fused-ring (bicyclic) bond motifs is 1. The number of anilines is 1. The van der Waals surface area contributed by atoms with Crippen molar-refractivity contribution in [2.75, 3.05) is 11.7 Å². The van der Waals surface area contributed by atoms with Crippen molar-refractivity contribution < 1.29 is 23.6 Å². The zero-order valence-corrected chi connectivity index (χ0v) is 19.2. The second-order valence-electron chi connectivity index (χ2n) is 6.68. The van der Waals surface area contributed by atoms with Gasteiger partial charge in [0.1, 0.15) is 11.5 Å². The average molecular weight is 531 g/mol. The number of thiocarbonyl (C=S) groups is 1. The molecule has 11 heteroatoms. The summed E-state index contributed by atoms with van der Waals surface area (Å²) >= 11 is 9.93. The minimum absolute atomic E-state index is 0.0282. The molecule has 0 aliphatic carbocycles. The number of hydrogen-bond acceptors (Lipinski definition) is 8. The van der Waals surface area contributed by atoms with Crippen molar-refractivity contribution in [1.82, 2.24) is 0 Å². The third kappa shape index (κ3) is 3.68. The molecular weight excluding hydrogens is 520 g/mol. The Morgan fingerprint density at radius 3 is 2.72 bits per heavy atom. The van der Waals surface area contributed by atoms with Crippen LogP contribution < -0.4 is 14.4 Å². The number of thioether (sulfide) groups is 1. The van der Waals surface area contributed by atoms with Gasteiger partial charge < -0.3 is 13.9 Å². The number of halogens is 1. The number of rotatable bonds is 4. The summed E-state index contributed by atoms with van der Waals surface area (Å²) in [4.78, 5) is 25.3. The number of benzene rings is 2. The van der Waals surface area contributed by atoms with E-state index in [1.54, 1.807) is 42.5 Å². The molecule has 0 radical (unpaired) electrons. The Bertz CT molecular complexity index is 1340. The minimum Gasteiger partial charge on any atom is -0.457 e. The zero-order chi connectivity index (χ0) is 22.4. The van der Waals surface area contributed by atoms with Gasteiger partial charge in [0.2, 0.25) is 6.79 Å². The van der Waals surface area contributed by atoms with Crippen LogP contribution in [-0.2, 0) is 4.79 Å². The zero-order valence-electron chi connectivity index (χ0n) is 15.9. The van der Waals surface area contributed by atoms with Gasteiger partial charge in [0.15, 0.2) is 15.8 Å². The number of furan rings is 1. The van der Waals surface area contributed by atoms with E-state index in [1.807, 2.05) is 0 Å². The van der Waals surface area contributed by atoms with Gasteiger partial charge in [-0.05, 0) is 46.3 Å². The van der Waals surface area contributed by atoms with Crippen molar-refractivity contribution in [3.05, 3.63) is 73.8 Å². The number of carbonyl (C=O) groups is 1. The van der Waals surface area contributed by atoms with E-state index in [0.717, 1.165) is 0 Å². The maximum Gasteiger partial charge on any atom is 0.270 e. The molecule has 32 heavy (non-hydrogen) atoms. The fraction of sp³-hybridized carbons (Fsp3) is 0.0476. The second-order valence-corrected chi connectivity index (χ2v) is 9.21. The van der Waals surface area contributed by atoms with E-state index in [0.29, 0.717) is 48.0 Å². The third-order valence-corrected chi connectivity index (χ3v) is 6.70. The van der Waals surface area contributed by atoms with E-state index in [1.165, 1.54) is 28.8 Å². The summed E-state index contributed by atoms with van der Waals surface area (Å²) < 4.78 is 17.5. The van der Waals surface area contributed by atoms with Crippen LogP contribution in [0.1, 0.15) is 5.76 Å². The van der Waals surface area contributed by atoms with Crippen LogP contribution in [0, 0.1) is 10.1 Å². The third-order valence-electron chi connectivity index (χ3n) is 4.74. The van der Waals surface area contributed by atoms with E-state index in [4.69, 9.17) is 26.1 Å². The van der Waals surface area contributed by atoms with Crippen LogP contribution in [0.2, 0.25) is 0 Å². The summed E-state index contributed by atoms with van der Waals surface area (Å²) in [7, 11) is 0. The molecule has 0 spiro atoms. The highest BCUT2D eigenvalue weighted by molar-refractivity contribution is 9.10. The molecule has 0 bridgehead atoms. The van der Waals surface area contributed by atoms with Crippen molar-refractivity contribution >= 4 is 67.6 Å². The molecule has 1 fully saturated rings. The van der Waals surface area contributed by atoms with E-state index in [2.05, 4.69) is 15.9 Å². The van der Waals surface area contributed by atoms with Gasteiger partial charge in [0, 0.05) is 34.3 Å². The molecule has 160 valence electrons. The predicted molar refractivity (Wildman–Crippen MR) is 127 cm³/mol. The van der Waals surface area contributed by atoms with Gasteiger partial charge in [-0.3, -0.25) is 19.8 Å². The quantitative estimate of drug-likeness (QED) is 0.182. The van der Waals surface area contributed by atoms with Gasteiger partial charge >= 0.3 is 0 Å². The summed E-state index contributed by atoms with van der Waals surface area (Å²) in [6.45, 7) is 0.142. The SMILES string of the molecule is O=C1/C(=C\c2ccc(-c3ccc([N+](=O)[O-])cc3Br)o2)SC(=S)N1c1ccc2c(c1)OCO2. The first kappa shape index (κ1) is 20.7. The van der Waals surface area contributed by atoms with Crippen LogP contribution in [0.5, 0.6) is 11.5 Å². The number of non-ortho nitro benzene ring substituents is 1. The van der Waals surface area contributed by atoms with Gasteiger partial charge in [-0.15, -0.1) is 0 Å². The van der Waals surface area contributed by atoms with Crippen LogP contribution in [0.3, 0.4) is 0 Å². The number of nitro benzene ring substituents is 1. The normalized spacial score (nSPS) is 16.3. The lowest BCUT2D eigenvalue weighted by atomic mass is 10.1. The first-order valence-corrected chi connectivity index (χ1v) is 11.1. The predicted octanol–water partition coefficient (Wildman–Crippen LogP) is 5.75. The number of ether oxygens (including phenoxy) is 2. The molecule has 0 atom stereocenters. The van der Waals surface area contributed by atoms with Crippen LogP contribution in [0.4, 0.5) is 11.4 Å². The van der Waals surface area contributed by atoms with Gasteiger partial charge in [-0.25, -0.2) is 0 Å². The Morgan fingerprint density at radius 2 is 1.94 bits per heavy atom. The fourth-order valence-corrected chi connectivity index (χ4v) is 5.08. The molecule has 2 aliphatic heterocycles. The topological polar surface area (TPSA) is 95.0 Å². The molecule has 2 aromatic carbocycles. The lowest BCUT2D eigenvalue weighted by Gasteiger charge is -2.14. The standard InChI is InChI=1S/C21H11BrN2O6S2/c22-15-7-12(24(26)27)1-4-14(15)16-6-3-13(30-16)9-19-20(25)23(21(31)32-19)11-2-5-17-18(8-11)29-10-28-17/h1-9H,10H2/b19-9+. The van der Waals surface area contributed by atoms with Crippen molar-refractivity contribution in [2.24, 2.45) is 0 Å². The molecule has 2 aliphatic rings. The first-order valence-electron chi connectivity index (χ1n) is 9.12. The van der Waals surface area contributed by atoms with Crippen LogP contribution in [0.15, 0.2) is 62.3 Å². The van der Waals surface area contributed by atoms with Gasteiger partial charge in [0.25, 0.3) is 11.6 Å². The monoisotopic (exact) mass is 530 g/mol. The minimum atomic E-state index is -0.468. The van der Waals surface area contributed by atoms with Crippen molar-refractivity contribution in [1.29, 1.82) is 0 Å². The maximum absolute atomic E-state index is 13.0. The van der Waals surface area contributed by atoms with Crippen LogP contribution in [0.25, 0.3) is 17.4 Å². The molecule has 5 rings (SSSR count). The molecule has 3 heterocycles. The average Bonchev–Trinajstić information content (AvgIpc) is 3.47. The summed E-state index contributed by atoms with van der Waals surface area (Å²) in [6.07, 6.45) is 1.62. The highest BCUT2D eigenvalue weighted by atomic mass is 79.9. The smallest absolute Gasteiger partial charge is 0.270 e. The number of carbonyl (C=O) groups excluding carboxylic acids is 1. The molecule has 0 N–H and O–H groups in total. The molecule has 1 saturated heterocycles. The van der Waals surface area contributed by atoms with Crippen molar-refractivity contribution in [2.45, 2.75) is 0 Å². The number of amides is 1. The largest absolute Gasteiger partial charge is 0.457 e. The molecule has 0 unspecified atom stereocenters. The summed E-state index contributed by atoms with van der Waals surface area (Å²) in [5.41, 5.74) is 1.22. The maximum atomic E-state index is 13.0. The number of nitrogens with zero attached hydrogens (tertiary/aromatic N) is 2. The molecule has 3 aromatic rings. The van der Waals surface area contributed by atoms with Gasteiger partial charge in [0.05, 0.1) is 15.5 Å².